The highest BCUT2D eigenvalue weighted by Gasteiger charge is 2.40. The molecule has 1 aliphatic heterocycles. The van der Waals surface area contributed by atoms with Gasteiger partial charge in [0.15, 0.2) is 0 Å². The predicted molar refractivity (Wildman–Crippen MR) is 107 cm³/mol. The summed E-state index contributed by atoms with van der Waals surface area (Å²) >= 11 is 6.01. The van der Waals surface area contributed by atoms with E-state index in [9.17, 15) is 4.79 Å². The van der Waals surface area contributed by atoms with E-state index in [4.69, 9.17) is 11.6 Å². The van der Waals surface area contributed by atoms with Crippen molar-refractivity contribution < 1.29 is 4.79 Å². The van der Waals surface area contributed by atoms with E-state index in [0.29, 0.717) is 5.02 Å². The summed E-state index contributed by atoms with van der Waals surface area (Å²) in [5.41, 5.74) is 4.03. The zero-order valence-corrected chi connectivity index (χ0v) is 15.1. The van der Waals surface area contributed by atoms with Gasteiger partial charge in [-0.3, -0.25) is 4.79 Å². The number of rotatable bonds is 4. The van der Waals surface area contributed by atoms with Crippen LogP contribution in [0.3, 0.4) is 0 Å². The topological polar surface area (TPSA) is 32.3 Å². The number of hydrogen-bond donors (Lipinski definition) is 1. The first kappa shape index (κ1) is 16.7. The van der Waals surface area contributed by atoms with Crippen molar-refractivity contribution >= 4 is 28.9 Å². The van der Waals surface area contributed by atoms with Gasteiger partial charge in [0.05, 0.1) is 12.0 Å². The van der Waals surface area contributed by atoms with Gasteiger partial charge in [-0.25, -0.2) is 0 Å². The SMILES string of the molecule is CN1C(=O)[C@@H]([C@@H](Nc2ccc(Cl)cc2)c2ccccc2)c2ccccc21. The molecule has 1 N–H and O–H groups in total. The van der Waals surface area contributed by atoms with Crippen molar-refractivity contribution in [2.24, 2.45) is 0 Å². The van der Waals surface area contributed by atoms with Crippen molar-refractivity contribution in [2.75, 3.05) is 17.3 Å². The quantitative estimate of drug-likeness (QED) is 0.687. The fourth-order valence-corrected chi connectivity index (χ4v) is 3.71. The zero-order valence-electron chi connectivity index (χ0n) is 14.4. The number of nitrogens with zero attached hydrogens (tertiary/aromatic N) is 1. The van der Waals surface area contributed by atoms with E-state index in [1.54, 1.807) is 4.90 Å². The summed E-state index contributed by atoms with van der Waals surface area (Å²) < 4.78 is 0. The Hall–Kier alpha value is -2.78. The number of likely N-dealkylation sites (N-methyl/N-ethyl adjacent to an activating group) is 1. The van der Waals surface area contributed by atoms with Crippen molar-refractivity contribution in [3.8, 4) is 0 Å². The van der Waals surface area contributed by atoms with E-state index in [1.165, 1.54) is 0 Å². The summed E-state index contributed by atoms with van der Waals surface area (Å²) in [6.45, 7) is 0. The summed E-state index contributed by atoms with van der Waals surface area (Å²) in [6.07, 6.45) is 0. The predicted octanol–water partition coefficient (Wildman–Crippen LogP) is 5.25. The molecule has 4 heteroatoms. The first-order chi connectivity index (χ1) is 12.6. The Labute approximate surface area is 158 Å². The fourth-order valence-electron chi connectivity index (χ4n) is 3.58. The summed E-state index contributed by atoms with van der Waals surface area (Å²) in [5.74, 6) is -0.184. The maximum Gasteiger partial charge on any atom is 0.236 e. The normalized spacial score (nSPS) is 17.1. The fraction of sp³-hybridized carbons (Fsp3) is 0.136. The van der Waals surface area contributed by atoms with Crippen LogP contribution in [0.25, 0.3) is 0 Å². The molecule has 0 saturated carbocycles. The Morgan fingerprint density at radius 1 is 0.923 bits per heavy atom. The molecule has 0 unspecified atom stereocenters. The van der Waals surface area contributed by atoms with Crippen LogP contribution in [0.4, 0.5) is 11.4 Å². The van der Waals surface area contributed by atoms with Crippen LogP contribution in [0, 0.1) is 0 Å². The molecular weight excluding hydrogens is 344 g/mol. The molecule has 0 radical (unpaired) electrons. The second-order valence-electron chi connectivity index (χ2n) is 6.47. The van der Waals surface area contributed by atoms with Gasteiger partial charge in [-0.2, -0.15) is 0 Å². The van der Waals surface area contributed by atoms with Crippen molar-refractivity contribution in [3.05, 3.63) is 95.0 Å². The van der Waals surface area contributed by atoms with E-state index in [0.717, 1.165) is 22.5 Å². The van der Waals surface area contributed by atoms with Gasteiger partial charge in [-0.1, -0.05) is 60.1 Å². The van der Waals surface area contributed by atoms with Gasteiger partial charge in [0.2, 0.25) is 5.91 Å². The lowest BCUT2D eigenvalue weighted by molar-refractivity contribution is -0.119. The molecule has 3 aromatic carbocycles. The highest BCUT2D eigenvalue weighted by molar-refractivity contribution is 6.30. The molecule has 26 heavy (non-hydrogen) atoms. The smallest absolute Gasteiger partial charge is 0.236 e. The highest BCUT2D eigenvalue weighted by atomic mass is 35.5. The third kappa shape index (κ3) is 2.95. The van der Waals surface area contributed by atoms with Crippen molar-refractivity contribution in [2.45, 2.75) is 12.0 Å². The molecule has 130 valence electrons. The van der Waals surface area contributed by atoms with Crippen LogP contribution in [0.2, 0.25) is 5.02 Å². The molecule has 1 heterocycles. The standard InChI is InChI=1S/C22H19ClN2O/c1-25-19-10-6-5-9-18(19)20(22(25)26)21(15-7-3-2-4-8-15)24-17-13-11-16(23)12-14-17/h2-14,20-21,24H,1H3/t20-,21+/m1/s1. The molecule has 0 saturated heterocycles. The van der Waals surface area contributed by atoms with Gasteiger partial charge in [-0.15, -0.1) is 0 Å². The van der Waals surface area contributed by atoms with Crippen LogP contribution >= 0.6 is 11.6 Å². The lowest BCUT2D eigenvalue weighted by atomic mass is 9.87. The number of nitrogens with one attached hydrogen (secondary N) is 1. The molecule has 0 bridgehead atoms. The van der Waals surface area contributed by atoms with E-state index in [2.05, 4.69) is 17.4 Å². The van der Waals surface area contributed by atoms with Crippen LogP contribution in [0.5, 0.6) is 0 Å². The van der Waals surface area contributed by atoms with Crippen molar-refractivity contribution in [3.63, 3.8) is 0 Å². The molecule has 2 atom stereocenters. The van der Waals surface area contributed by atoms with Crippen molar-refractivity contribution in [1.29, 1.82) is 0 Å². The molecule has 0 spiro atoms. The molecule has 3 aromatic rings. The third-order valence-electron chi connectivity index (χ3n) is 4.89. The minimum atomic E-state index is -0.283. The molecule has 0 aromatic heterocycles. The van der Waals surface area contributed by atoms with E-state index in [-0.39, 0.29) is 17.9 Å². The number of halogens is 1. The van der Waals surface area contributed by atoms with Gasteiger partial charge in [0.25, 0.3) is 0 Å². The number of amides is 1. The summed E-state index contributed by atoms with van der Waals surface area (Å²) in [6, 6.07) is 25.5. The number of carbonyl (C=O) groups excluding carboxylic acids is 1. The second kappa shape index (κ2) is 6.85. The Balaban J connectivity index is 1.78. The van der Waals surface area contributed by atoms with Crippen LogP contribution in [0.15, 0.2) is 78.9 Å². The first-order valence-corrected chi connectivity index (χ1v) is 8.96. The average Bonchev–Trinajstić information content (AvgIpc) is 2.93. The minimum Gasteiger partial charge on any atom is -0.377 e. The van der Waals surface area contributed by atoms with Crippen LogP contribution < -0.4 is 10.2 Å². The molecular formula is C22H19ClN2O. The highest BCUT2D eigenvalue weighted by Crippen LogP contribution is 2.44. The molecule has 4 rings (SSSR count). The number of fused-ring (bicyclic) bond motifs is 1. The molecule has 0 aliphatic carbocycles. The second-order valence-corrected chi connectivity index (χ2v) is 6.91. The van der Waals surface area contributed by atoms with E-state index in [1.807, 2.05) is 73.8 Å². The van der Waals surface area contributed by atoms with Crippen molar-refractivity contribution in [1.82, 2.24) is 0 Å². The summed E-state index contributed by atoms with van der Waals surface area (Å²) in [4.78, 5) is 14.8. The Morgan fingerprint density at radius 3 is 2.31 bits per heavy atom. The number of para-hydroxylation sites is 1. The lowest BCUT2D eigenvalue weighted by Gasteiger charge is -2.26. The minimum absolute atomic E-state index is 0.0986. The van der Waals surface area contributed by atoms with Crippen LogP contribution in [0.1, 0.15) is 23.1 Å². The third-order valence-corrected chi connectivity index (χ3v) is 5.14. The maximum absolute atomic E-state index is 13.1. The average molecular weight is 363 g/mol. The van der Waals surface area contributed by atoms with Gasteiger partial charge in [0, 0.05) is 23.4 Å². The lowest BCUT2D eigenvalue weighted by Crippen LogP contribution is -2.30. The molecule has 1 amide bonds. The number of anilines is 2. The van der Waals surface area contributed by atoms with E-state index >= 15 is 0 Å². The maximum atomic E-state index is 13.1. The summed E-state index contributed by atoms with van der Waals surface area (Å²) in [7, 11) is 1.84. The Bertz CT molecular complexity index is 924. The molecule has 0 fully saturated rings. The van der Waals surface area contributed by atoms with Crippen LogP contribution in [-0.2, 0) is 4.79 Å². The Kier molecular flexibility index (Phi) is 4.39. The number of carbonyl (C=O) groups is 1. The summed E-state index contributed by atoms with van der Waals surface area (Å²) in [5, 5.41) is 4.24. The first-order valence-electron chi connectivity index (χ1n) is 8.58. The van der Waals surface area contributed by atoms with E-state index < -0.39 is 0 Å². The molecule has 3 nitrogen and oxygen atoms in total. The van der Waals surface area contributed by atoms with Crippen LogP contribution in [-0.4, -0.2) is 13.0 Å². The largest absolute Gasteiger partial charge is 0.377 e. The Morgan fingerprint density at radius 2 is 1.58 bits per heavy atom. The monoisotopic (exact) mass is 362 g/mol. The molecule has 1 aliphatic rings. The zero-order chi connectivity index (χ0) is 18.1. The van der Waals surface area contributed by atoms with Gasteiger partial charge < -0.3 is 10.2 Å². The number of benzene rings is 3. The van der Waals surface area contributed by atoms with Gasteiger partial charge >= 0.3 is 0 Å². The number of hydrogen-bond acceptors (Lipinski definition) is 2. The van der Waals surface area contributed by atoms with Gasteiger partial charge in [-0.05, 0) is 41.5 Å². The van der Waals surface area contributed by atoms with Gasteiger partial charge in [0.1, 0.15) is 0 Å².